The van der Waals surface area contributed by atoms with E-state index in [-0.39, 0.29) is 11.1 Å². The number of rotatable bonds is 5. The number of hydrogen-bond donors (Lipinski definition) is 2. The smallest absolute Gasteiger partial charge is 0.142 e. The van der Waals surface area contributed by atoms with E-state index in [1.807, 2.05) is 31.3 Å². The van der Waals surface area contributed by atoms with Crippen LogP contribution in [0.1, 0.15) is 37.4 Å². The van der Waals surface area contributed by atoms with E-state index in [9.17, 15) is 4.39 Å². The molecule has 0 saturated carbocycles. The van der Waals surface area contributed by atoms with E-state index in [4.69, 9.17) is 23.2 Å². The highest BCUT2D eigenvalue weighted by Gasteiger charge is 2.19. The number of nitrogens with one attached hydrogen (secondary N) is 2. The Morgan fingerprint density at radius 3 is 2.76 bits per heavy atom. The van der Waals surface area contributed by atoms with Crippen molar-refractivity contribution in [3.05, 3.63) is 70.5 Å². The first-order valence-corrected chi connectivity index (χ1v) is 11.7. The van der Waals surface area contributed by atoms with Crippen LogP contribution in [0.3, 0.4) is 0 Å². The van der Waals surface area contributed by atoms with Crippen molar-refractivity contribution in [3.63, 3.8) is 0 Å². The minimum atomic E-state index is -0.509. The van der Waals surface area contributed by atoms with Crippen molar-refractivity contribution >= 4 is 39.9 Å². The molecule has 3 heterocycles. The van der Waals surface area contributed by atoms with E-state index in [2.05, 4.69) is 36.6 Å². The molecule has 2 aromatic heterocycles. The van der Waals surface area contributed by atoms with Crippen molar-refractivity contribution in [2.75, 3.05) is 18.4 Å². The highest BCUT2D eigenvalue weighted by Crippen LogP contribution is 2.35. The van der Waals surface area contributed by atoms with Gasteiger partial charge in [-0.15, -0.1) is 0 Å². The van der Waals surface area contributed by atoms with Gasteiger partial charge in [0.2, 0.25) is 0 Å². The summed E-state index contributed by atoms with van der Waals surface area (Å²) in [6.07, 6.45) is 7.65. The molecule has 1 aliphatic heterocycles. The van der Waals surface area contributed by atoms with Crippen molar-refractivity contribution in [1.82, 2.24) is 25.1 Å². The Hall–Kier alpha value is -2.74. The lowest BCUT2D eigenvalue weighted by molar-refractivity contribution is 0.343. The summed E-state index contributed by atoms with van der Waals surface area (Å²) < 4.78 is 16.1. The summed E-state index contributed by atoms with van der Waals surface area (Å²) in [6.45, 7) is 3.90. The van der Waals surface area contributed by atoms with Crippen LogP contribution in [0.4, 0.5) is 10.2 Å². The monoisotopic (exact) mass is 484 g/mol. The number of piperidine rings is 1. The fourth-order valence-corrected chi connectivity index (χ4v) is 5.02. The maximum absolute atomic E-state index is 14.0. The molecule has 0 bridgehead atoms. The zero-order valence-corrected chi connectivity index (χ0v) is 19.5. The highest BCUT2D eigenvalue weighted by atomic mass is 35.5. The number of hydrogen-bond acceptors (Lipinski definition) is 5. The molecule has 2 aromatic carbocycles. The molecule has 0 spiro atoms. The van der Waals surface area contributed by atoms with Gasteiger partial charge < -0.3 is 10.6 Å². The third kappa shape index (κ3) is 4.40. The van der Waals surface area contributed by atoms with Gasteiger partial charge in [-0.05, 0) is 62.7 Å². The molecule has 33 heavy (non-hydrogen) atoms. The van der Waals surface area contributed by atoms with Gasteiger partial charge in [0.25, 0.3) is 0 Å². The van der Waals surface area contributed by atoms with Crippen molar-refractivity contribution in [1.29, 1.82) is 0 Å². The van der Waals surface area contributed by atoms with Gasteiger partial charge in [0.05, 0.1) is 28.8 Å². The number of nitrogens with zero attached hydrogens (tertiary/aromatic N) is 4. The number of halogens is 3. The Labute approximate surface area is 201 Å². The normalized spacial score (nSPS) is 15.6. The summed E-state index contributed by atoms with van der Waals surface area (Å²) in [4.78, 5) is 8.83. The van der Waals surface area contributed by atoms with Crippen LogP contribution in [0.2, 0.25) is 10.0 Å². The van der Waals surface area contributed by atoms with Crippen LogP contribution in [0.5, 0.6) is 0 Å². The molecule has 170 valence electrons. The molecular formula is C24H23Cl2FN6. The lowest BCUT2D eigenvalue weighted by atomic mass is 10.0. The van der Waals surface area contributed by atoms with E-state index in [0.717, 1.165) is 48.0 Å². The van der Waals surface area contributed by atoms with Crippen molar-refractivity contribution in [2.45, 2.75) is 31.8 Å². The second kappa shape index (κ2) is 9.25. The number of aromatic nitrogens is 4. The molecule has 0 radical (unpaired) electrons. The molecule has 1 fully saturated rings. The third-order valence-corrected chi connectivity index (χ3v) is 6.83. The van der Waals surface area contributed by atoms with Crippen molar-refractivity contribution < 1.29 is 4.39 Å². The van der Waals surface area contributed by atoms with Crippen molar-refractivity contribution in [2.24, 2.45) is 0 Å². The summed E-state index contributed by atoms with van der Waals surface area (Å²) in [6, 6.07) is 8.86. The molecule has 0 aliphatic carbocycles. The van der Waals surface area contributed by atoms with E-state index < -0.39 is 5.82 Å². The standard InChI is InChI=1S/C24H23Cl2FN6/c1-14(22-19(25)3-4-20(27)23(22)26)32-24-18-10-15(2-5-21(18)29-13-30-24)16-11-31-33(12-16)17-6-8-28-9-7-17/h2-5,10-14,17,28H,6-9H2,1H3,(H,29,30,32). The van der Waals surface area contributed by atoms with Gasteiger partial charge >= 0.3 is 0 Å². The van der Waals surface area contributed by atoms with Gasteiger partial charge in [-0.25, -0.2) is 14.4 Å². The molecule has 1 saturated heterocycles. The van der Waals surface area contributed by atoms with Gasteiger partial charge in [-0.1, -0.05) is 29.3 Å². The first kappa shape index (κ1) is 22.1. The summed E-state index contributed by atoms with van der Waals surface area (Å²) >= 11 is 12.5. The van der Waals surface area contributed by atoms with Crippen LogP contribution in [0.15, 0.2) is 49.1 Å². The zero-order chi connectivity index (χ0) is 22.9. The molecule has 2 N–H and O–H groups in total. The zero-order valence-electron chi connectivity index (χ0n) is 18.0. The molecule has 5 rings (SSSR count). The average Bonchev–Trinajstić information content (AvgIpc) is 3.33. The largest absolute Gasteiger partial charge is 0.363 e. The van der Waals surface area contributed by atoms with E-state index in [1.165, 1.54) is 18.5 Å². The average molecular weight is 485 g/mol. The Bertz CT molecular complexity index is 1300. The SMILES string of the molecule is CC(Nc1ncnc2ccc(-c3cnn(C4CCNCC4)c3)cc12)c1c(Cl)ccc(F)c1Cl. The summed E-state index contributed by atoms with van der Waals surface area (Å²) in [5, 5.41) is 12.6. The van der Waals surface area contributed by atoms with Gasteiger partial charge in [-0.3, -0.25) is 4.68 Å². The summed E-state index contributed by atoms with van der Waals surface area (Å²) in [5.41, 5.74) is 3.35. The number of anilines is 1. The molecule has 4 aromatic rings. The van der Waals surface area contributed by atoms with E-state index in [0.29, 0.717) is 22.4 Å². The molecule has 6 nitrogen and oxygen atoms in total. The quantitative estimate of drug-likeness (QED) is 0.338. The Morgan fingerprint density at radius 2 is 1.94 bits per heavy atom. The predicted octanol–water partition coefficient (Wildman–Crippen LogP) is 6.04. The van der Waals surface area contributed by atoms with Crippen LogP contribution >= 0.6 is 23.2 Å². The second-order valence-electron chi connectivity index (χ2n) is 8.27. The Kier molecular flexibility index (Phi) is 6.19. The lowest BCUT2D eigenvalue weighted by Crippen LogP contribution is -2.29. The van der Waals surface area contributed by atoms with Gasteiger partial charge in [0, 0.05) is 27.7 Å². The van der Waals surface area contributed by atoms with Crippen molar-refractivity contribution in [3.8, 4) is 11.1 Å². The molecule has 1 unspecified atom stereocenters. The predicted molar refractivity (Wildman–Crippen MR) is 130 cm³/mol. The van der Waals surface area contributed by atoms with Crippen LogP contribution in [0, 0.1) is 5.82 Å². The third-order valence-electron chi connectivity index (χ3n) is 6.12. The highest BCUT2D eigenvalue weighted by molar-refractivity contribution is 6.36. The lowest BCUT2D eigenvalue weighted by Gasteiger charge is -2.22. The minimum absolute atomic E-state index is 0.00637. The van der Waals surface area contributed by atoms with Crippen LogP contribution in [-0.2, 0) is 0 Å². The van der Waals surface area contributed by atoms with Gasteiger partial charge in [0.1, 0.15) is 18.0 Å². The maximum atomic E-state index is 14.0. The van der Waals surface area contributed by atoms with Crippen LogP contribution in [-0.4, -0.2) is 32.8 Å². The first-order chi connectivity index (χ1) is 16.0. The molecule has 1 atom stereocenters. The second-order valence-corrected chi connectivity index (χ2v) is 9.05. The van der Waals surface area contributed by atoms with Crippen LogP contribution < -0.4 is 10.6 Å². The van der Waals surface area contributed by atoms with Gasteiger partial charge in [0.15, 0.2) is 0 Å². The minimum Gasteiger partial charge on any atom is -0.363 e. The van der Waals surface area contributed by atoms with E-state index >= 15 is 0 Å². The number of benzene rings is 2. The van der Waals surface area contributed by atoms with Gasteiger partial charge in [-0.2, -0.15) is 5.10 Å². The molecule has 1 aliphatic rings. The Morgan fingerprint density at radius 1 is 1.12 bits per heavy atom. The Balaban J connectivity index is 1.47. The number of fused-ring (bicyclic) bond motifs is 1. The fourth-order valence-electron chi connectivity index (χ4n) is 4.33. The topological polar surface area (TPSA) is 67.7 Å². The summed E-state index contributed by atoms with van der Waals surface area (Å²) in [7, 11) is 0. The molecule has 0 amide bonds. The molecular weight excluding hydrogens is 462 g/mol. The summed E-state index contributed by atoms with van der Waals surface area (Å²) in [5.74, 6) is 0.113. The maximum Gasteiger partial charge on any atom is 0.142 e. The molecule has 9 heteroatoms. The van der Waals surface area contributed by atoms with E-state index in [1.54, 1.807) is 0 Å². The van der Waals surface area contributed by atoms with Crippen LogP contribution in [0.25, 0.3) is 22.0 Å². The first-order valence-electron chi connectivity index (χ1n) is 10.9. The fraction of sp³-hybridized carbons (Fsp3) is 0.292.